The lowest BCUT2D eigenvalue weighted by Gasteiger charge is -2.07. The Hall–Kier alpha value is -3.41. The highest BCUT2D eigenvalue weighted by Crippen LogP contribution is 2.10. The Balaban J connectivity index is 1.54. The molecule has 0 spiro atoms. The number of imidazole rings is 1. The summed E-state index contributed by atoms with van der Waals surface area (Å²) in [5.41, 5.74) is 7.37. The Morgan fingerprint density at radius 2 is 1.85 bits per heavy atom. The summed E-state index contributed by atoms with van der Waals surface area (Å²) < 4.78 is 1.93. The van der Waals surface area contributed by atoms with E-state index in [1.165, 1.54) is 5.56 Å². The Kier molecular flexibility index (Phi) is 5.43. The largest absolute Gasteiger partial charge is 0.376 e. The summed E-state index contributed by atoms with van der Waals surface area (Å²) in [7, 11) is 0. The first-order chi connectivity index (χ1) is 12.6. The minimum Gasteiger partial charge on any atom is -0.376 e. The number of aryl methyl sites for hydroxylation is 1. The van der Waals surface area contributed by atoms with Gasteiger partial charge in [-0.3, -0.25) is 4.79 Å². The highest BCUT2D eigenvalue weighted by molar-refractivity contribution is 5.99. The van der Waals surface area contributed by atoms with E-state index >= 15 is 0 Å². The summed E-state index contributed by atoms with van der Waals surface area (Å²) >= 11 is 0. The summed E-state index contributed by atoms with van der Waals surface area (Å²) in [5, 5.41) is 7.24. The normalized spacial score (nSPS) is 11.2. The molecule has 1 amide bonds. The molecular weight excluding hydrogens is 326 g/mol. The molecule has 3 rings (SSSR count). The number of anilines is 1. The van der Waals surface area contributed by atoms with E-state index in [1.54, 1.807) is 12.5 Å². The highest BCUT2D eigenvalue weighted by Gasteiger charge is 2.03. The molecular formula is C20H21N5O. The molecule has 0 aliphatic rings. The van der Waals surface area contributed by atoms with Crippen molar-refractivity contribution < 1.29 is 4.79 Å². The summed E-state index contributed by atoms with van der Waals surface area (Å²) in [5.74, 6) is -0.194. The topological polar surface area (TPSA) is 71.3 Å². The van der Waals surface area contributed by atoms with E-state index in [9.17, 15) is 4.79 Å². The van der Waals surface area contributed by atoms with E-state index in [4.69, 9.17) is 0 Å². The van der Waals surface area contributed by atoms with Gasteiger partial charge in [0.1, 0.15) is 0 Å². The van der Waals surface area contributed by atoms with Gasteiger partial charge in [-0.25, -0.2) is 10.4 Å². The maximum Gasteiger partial charge on any atom is 0.259 e. The van der Waals surface area contributed by atoms with Crippen molar-refractivity contribution in [2.24, 2.45) is 5.10 Å². The molecule has 0 unspecified atom stereocenters. The van der Waals surface area contributed by atoms with Crippen molar-refractivity contribution in [3.05, 3.63) is 78.4 Å². The fourth-order valence-corrected chi connectivity index (χ4v) is 2.39. The van der Waals surface area contributed by atoms with Gasteiger partial charge in [0, 0.05) is 23.8 Å². The smallest absolute Gasteiger partial charge is 0.259 e. The standard InChI is InChI=1S/C20H21N5O/c1-15-3-7-18(8-4-15)22-13-20(26)24-23-16(2)17-5-9-19(10-6-17)25-12-11-21-14-25/h3-12,14,22H,13H2,1-2H3,(H,24,26)/b23-16+. The average Bonchev–Trinajstić information content (AvgIpc) is 3.20. The summed E-state index contributed by atoms with van der Waals surface area (Å²) in [6, 6.07) is 15.8. The summed E-state index contributed by atoms with van der Waals surface area (Å²) in [6.45, 7) is 4.05. The van der Waals surface area contributed by atoms with E-state index in [1.807, 2.05) is 73.1 Å². The Bertz CT molecular complexity index is 881. The van der Waals surface area contributed by atoms with Crippen LogP contribution in [0.2, 0.25) is 0 Å². The van der Waals surface area contributed by atoms with Crippen molar-refractivity contribution in [2.75, 3.05) is 11.9 Å². The Morgan fingerprint density at radius 3 is 2.50 bits per heavy atom. The predicted octanol–water partition coefficient (Wildman–Crippen LogP) is 3.13. The first kappa shape index (κ1) is 17.4. The number of amides is 1. The van der Waals surface area contributed by atoms with Crippen molar-refractivity contribution in [2.45, 2.75) is 13.8 Å². The monoisotopic (exact) mass is 347 g/mol. The number of nitrogens with one attached hydrogen (secondary N) is 2. The molecule has 0 saturated heterocycles. The van der Waals surface area contributed by atoms with Crippen LogP contribution in [0.1, 0.15) is 18.1 Å². The molecule has 2 aromatic carbocycles. The first-order valence-corrected chi connectivity index (χ1v) is 8.34. The molecule has 6 nitrogen and oxygen atoms in total. The zero-order valence-electron chi connectivity index (χ0n) is 14.8. The van der Waals surface area contributed by atoms with E-state index in [0.717, 1.165) is 22.6 Å². The first-order valence-electron chi connectivity index (χ1n) is 8.34. The van der Waals surface area contributed by atoms with Crippen LogP contribution in [0, 0.1) is 6.92 Å². The van der Waals surface area contributed by atoms with E-state index in [-0.39, 0.29) is 12.5 Å². The van der Waals surface area contributed by atoms with Gasteiger partial charge in [-0.05, 0) is 43.7 Å². The fourth-order valence-electron chi connectivity index (χ4n) is 2.39. The molecule has 0 fully saturated rings. The molecule has 132 valence electrons. The predicted molar refractivity (Wildman–Crippen MR) is 104 cm³/mol. The molecule has 0 aliphatic heterocycles. The number of hydrogen-bond acceptors (Lipinski definition) is 4. The van der Waals surface area contributed by atoms with Gasteiger partial charge in [0.15, 0.2) is 0 Å². The fraction of sp³-hybridized carbons (Fsp3) is 0.150. The second-order valence-corrected chi connectivity index (χ2v) is 5.97. The number of nitrogens with zero attached hydrogens (tertiary/aromatic N) is 3. The minimum absolute atomic E-state index is 0.166. The maximum atomic E-state index is 11.9. The lowest BCUT2D eigenvalue weighted by Crippen LogP contribution is -2.26. The van der Waals surface area contributed by atoms with Crippen LogP contribution in [0.5, 0.6) is 0 Å². The average molecular weight is 347 g/mol. The van der Waals surface area contributed by atoms with Crippen molar-refractivity contribution in [3.8, 4) is 5.69 Å². The molecule has 0 radical (unpaired) electrons. The molecule has 0 atom stereocenters. The van der Waals surface area contributed by atoms with E-state index in [0.29, 0.717) is 0 Å². The lowest BCUT2D eigenvalue weighted by atomic mass is 10.1. The number of hydrogen-bond donors (Lipinski definition) is 2. The maximum absolute atomic E-state index is 11.9. The minimum atomic E-state index is -0.194. The van der Waals surface area contributed by atoms with Gasteiger partial charge in [0.25, 0.3) is 5.91 Å². The van der Waals surface area contributed by atoms with Crippen molar-refractivity contribution in [1.82, 2.24) is 15.0 Å². The van der Waals surface area contributed by atoms with Gasteiger partial charge in [0.2, 0.25) is 0 Å². The van der Waals surface area contributed by atoms with Gasteiger partial charge < -0.3 is 9.88 Å². The van der Waals surface area contributed by atoms with E-state index < -0.39 is 0 Å². The molecule has 0 aliphatic carbocycles. The van der Waals surface area contributed by atoms with Crippen LogP contribution in [0.25, 0.3) is 5.69 Å². The van der Waals surface area contributed by atoms with Gasteiger partial charge in [-0.2, -0.15) is 5.10 Å². The third-order valence-electron chi connectivity index (χ3n) is 3.94. The van der Waals surface area contributed by atoms with Crippen LogP contribution >= 0.6 is 0 Å². The molecule has 1 aromatic heterocycles. The highest BCUT2D eigenvalue weighted by atomic mass is 16.2. The zero-order chi connectivity index (χ0) is 18.4. The van der Waals surface area contributed by atoms with Crippen molar-refractivity contribution in [3.63, 3.8) is 0 Å². The third-order valence-corrected chi connectivity index (χ3v) is 3.94. The second kappa shape index (κ2) is 8.11. The summed E-state index contributed by atoms with van der Waals surface area (Å²) in [6.07, 6.45) is 5.37. The van der Waals surface area contributed by atoms with Crippen LogP contribution in [0.15, 0.2) is 72.4 Å². The van der Waals surface area contributed by atoms with Crippen LogP contribution in [0.4, 0.5) is 5.69 Å². The van der Waals surface area contributed by atoms with Gasteiger partial charge >= 0.3 is 0 Å². The van der Waals surface area contributed by atoms with Crippen LogP contribution in [-0.2, 0) is 4.79 Å². The van der Waals surface area contributed by atoms with Crippen molar-refractivity contribution >= 4 is 17.3 Å². The van der Waals surface area contributed by atoms with Crippen LogP contribution in [-0.4, -0.2) is 27.7 Å². The lowest BCUT2D eigenvalue weighted by molar-refractivity contribution is -0.119. The number of carbonyl (C=O) groups excluding carboxylic acids is 1. The van der Waals surface area contributed by atoms with Gasteiger partial charge in [-0.15, -0.1) is 0 Å². The quantitative estimate of drug-likeness (QED) is 0.531. The van der Waals surface area contributed by atoms with E-state index in [2.05, 4.69) is 20.8 Å². The summed E-state index contributed by atoms with van der Waals surface area (Å²) in [4.78, 5) is 16.0. The number of rotatable bonds is 6. The van der Waals surface area contributed by atoms with Crippen LogP contribution < -0.4 is 10.7 Å². The molecule has 0 bridgehead atoms. The van der Waals surface area contributed by atoms with Gasteiger partial charge in [0.05, 0.1) is 18.6 Å². The van der Waals surface area contributed by atoms with Crippen molar-refractivity contribution in [1.29, 1.82) is 0 Å². The van der Waals surface area contributed by atoms with Crippen LogP contribution in [0.3, 0.4) is 0 Å². The molecule has 1 heterocycles. The third kappa shape index (κ3) is 4.57. The Labute approximate surface area is 152 Å². The van der Waals surface area contributed by atoms with Gasteiger partial charge in [-0.1, -0.05) is 29.8 Å². The number of benzene rings is 2. The zero-order valence-corrected chi connectivity index (χ0v) is 14.8. The Morgan fingerprint density at radius 1 is 1.12 bits per heavy atom. The molecule has 3 aromatic rings. The molecule has 2 N–H and O–H groups in total. The molecule has 0 saturated carbocycles. The number of hydrazone groups is 1. The number of aromatic nitrogens is 2. The molecule has 6 heteroatoms. The number of carbonyl (C=O) groups is 1. The SMILES string of the molecule is C/C(=N\NC(=O)CNc1ccc(C)cc1)c1ccc(-n2ccnc2)cc1. The second-order valence-electron chi connectivity index (χ2n) is 5.97. The molecule has 26 heavy (non-hydrogen) atoms.